The van der Waals surface area contributed by atoms with Crippen molar-refractivity contribution in [2.75, 3.05) is 0 Å². The van der Waals surface area contributed by atoms with Crippen LogP contribution in [0.5, 0.6) is 0 Å². The third-order valence-electron chi connectivity index (χ3n) is 10.7. The molecule has 0 heteroatoms. The van der Waals surface area contributed by atoms with E-state index in [1.165, 1.54) is 98.7 Å². The van der Waals surface area contributed by atoms with Crippen LogP contribution in [0, 0.1) is 0 Å². The maximum absolute atomic E-state index is 2.42. The van der Waals surface area contributed by atoms with Gasteiger partial charge < -0.3 is 0 Å². The Labute approximate surface area is 303 Å². The van der Waals surface area contributed by atoms with Crippen molar-refractivity contribution in [3.63, 3.8) is 0 Å². The Morgan fingerprint density at radius 1 is 0.192 bits per heavy atom. The summed E-state index contributed by atoms with van der Waals surface area (Å²) in [6.07, 6.45) is 0. The highest BCUT2D eigenvalue weighted by atomic mass is 14.2. The van der Waals surface area contributed by atoms with Gasteiger partial charge in [0.15, 0.2) is 0 Å². The standard InChI is InChI=1S/C52H34/c1-2-13-35(14-3-1)36-27-29-37(30-28-36)40-31-32-49-50(34-40)51(42-20-10-19-41(33-42)45-25-11-17-38-15-4-6-21-43(38)45)47-23-8-9-24-48(47)52(49)46-26-12-18-39-16-5-7-22-44(39)46/h1-34H. The van der Waals surface area contributed by atoms with Crippen molar-refractivity contribution in [3.05, 3.63) is 206 Å². The van der Waals surface area contributed by atoms with E-state index < -0.39 is 0 Å². The molecule has 242 valence electrons. The van der Waals surface area contributed by atoms with E-state index in [-0.39, 0.29) is 0 Å². The highest BCUT2D eigenvalue weighted by Gasteiger charge is 2.19. The van der Waals surface area contributed by atoms with Gasteiger partial charge in [0.25, 0.3) is 0 Å². The number of fused-ring (bicyclic) bond motifs is 4. The van der Waals surface area contributed by atoms with Crippen LogP contribution in [0.25, 0.3) is 98.7 Å². The Morgan fingerprint density at radius 2 is 0.635 bits per heavy atom. The second-order valence-corrected chi connectivity index (χ2v) is 13.6. The van der Waals surface area contributed by atoms with Crippen molar-refractivity contribution < 1.29 is 0 Å². The number of hydrogen-bond donors (Lipinski definition) is 0. The van der Waals surface area contributed by atoms with Crippen LogP contribution in [0.2, 0.25) is 0 Å². The minimum atomic E-state index is 1.21. The van der Waals surface area contributed by atoms with E-state index >= 15 is 0 Å². The molecule has 0 atom stereocenters. The van der Waals surface area contributed by atoms with Crippen LogP contribution in [0.3, 0.4) is 0 Å². The second-order valence-electron chi connectivity index (χ2n) is 13.6. The zero-order chi connectivity index (χ0) is 34.4. The van der Waals surface area contributed by atoms with E-state index in [4.69, 9.17) is 0 Å². The smallest absolute Gasteiger partial charge is 0.00201 e. The van der Waals surface area contributed by atoms with E-state index in [1.54, 1.807) is 0 Å². The molecule has 10 aromatic carbocycles. The normalized spacial score (nSPS) is 11.5. The summed E-state index contributed by atoms with van der Waals surface area (Å²) in [6, 6.07) is 75.6. The number of rotatable bonds is 5. The molecule has 0 aromatic heterocycles. The Hall–Kier alpha value is -6.76. The molecular weight excluding hydrogens is 625 g/mol. The summed E-state index contributed by atoms with van der Waals surface area (Å²) in [7, 11) is 0. The average Bonchev–Trinajstić information content (AvgIpc) is 3.22. The van der Waals surface area contributed by atoms with Crippen LogP contribution in [-0.2, 0) is 0 Å². The lowest BCUT2D eigenvalue weighted by Crippen LogP contribution is -1.93. The molecule has 0 bridgehead atoms. The predicted octanol–water partition coefficient (Wildman–Crippen LogP) is 14.6. The van der Waals surface area contributed by atoms with E-state index in [2.05, 4.69) is 206 Å². The molecule has 0 nitrogen and oxygen atoms in total. The predicted molar refractivity (Wildman–Crippen MR) is 224 cm³/mol. The Kier molecular flexibility index (Phi) is 7.25. The molecule has 0 unspecified atom stereocenters. The van der Waals surface area contributed by atoms with Crippen LogP contribution in [0.4, 0.5) is 0 Å². The summed E-state index contributed by atoms with van der Waals surface area (Å²) in [5.74, 6) is 0. The number of hydrogen-bond acceptors (Lipinski definition) is 0. The van der Waals surface area contributed by atoms with Crippen molar-refractivity contribution in [2.24, 2.45) is 0 Å². The zero-order valence-corrected chi connectivity index (χ0v) is 28.6. The van der Waals surface area contributed by atoms with Crippen LogP contribution >= 0.6 is 0 Å². The molecule has 0 radical (unpaired) electrons. The topological polar surface area (TPSA) is 0 Å². The van der Waals surface area contributed by atoms with E-state index in [0.717, 1.165) is 0 Å². The summed E-state index contributed by atoms with van der Waals surface area (Å²) in [4.78, 5) is 0. The molecule has 0 spiro atoms. The quantitative estimate of drug-likeness (QED) is 0.161. The first-order valence-electron chi connectivity index (χ1n) is 18.0. The lowest BCUT2D eigenvalue weighted by Gasteiger charge is -2.20. The zero-order valence-electron chi connectivity index (χ0n) is 28.6. The van der Waals surface area contributed by atoms with E-state index in [9.17, 15) is 0 Å². The van der Waals surface area contributed by atoms with Gasteiger partial charge in [0.2, 0.25) is 0 Å². The fraction of sp³-hybridized carbons (Fsp3) is 0. The van der Waals surface area contributed by atoms with Crippen LogP contribution < -0.4 is 0 Å². The molecule has 0 amide bonds. The minimum Gasteiger partial charge on any atom is -0.0622 e. The van der Waals surface area contributed by atoms with E-state index in [1.807, 2.05) is 0 Å². The summed E-state index contributed by atoms with van der Waals surface area (Å²) < 4.78 is 0. The Morgan fingerprint density at radius 3 is 1.35 bits per heavy atom. The third-order valence-corrected chi connectivity index (χ3v) is 10.7. The highest BCUT2D eigenvalue weighted by molar-refractivity contribution is 6.24. The first-order chi connectivity index (χ1) is 25.8. The van der Waals surface area contributed by atoms with Crippen molar-refractivity contribution in [2.45, 2.75) is 0 Å². The fourth-order valence-electron chi connectivity index (χ4n) is 8.21. The lowest BCUT2D eigenvalue weighted by atomic mass is 9.83. The van der Waals surface area contributed by atoms with Gasteiger partial charge in [-0.25, -0.2) is 0 Å². The maximum Gasteiger partial charge on any atom is -0.00201 e. The lowest BCUT2D eigenvalue weighted by molar-refractivity contribution is 1.60. The summed E-state index contributed by atoms with van der Waals surface area (Å²) in [5.41, 5.74) is 12.4. The summed E-state index contributed by atoms with van der Waals surface area (Å²) >= 11 is 0. The van der Waals surface area contributed by atoms with Crippen LogP contribution in [-0.4, -0.2) is 0 Å². The van der Waals surface area contributed by atoms with Gasteiger partial charge in [-0.2, -0.15) is 0 Å². The molecule has 10 rings (SSSR count). The Bertz CT molecular complexity index is 2920. The first-order valence-corrected chi connectivity index (χ1v) is 18.0. The van der Waals surface area contributed by atoms with Crippen molar-refractivity contribution in [3.8, 4) is 55.6 Å². The van der Waals surface area contributed by atoms with Crippen molar-refractivity contribution >= 4 is 43.1 Å². The van der Waals surface area contributed by atoms with Gasteiger partial charge in [-0.05, 0) is 111 Å². The van der Waals surface area contributed by atoms with Crippen molar-refractivity contribution in [1.29, 1.82) is 0 Å². The molecule has 52 heavy (non-hydrogen) atoms. The van der Waals surface area contributed by atoms with Gasteiger partial charge in [-0.3, -0.25) is 0 Å². The third kappa shape index (κ3) is 5.08. The van der Waals surface area contributed by atoms with Gasteiger partial charge in [-0.1, -0.05) is 194 Å². The van der Waals surface area contributed by atoms with Crippen LogP contribution in [0.15, 0.2) is 206 Å². The average molecular weight is 659 g/mol. The molecule has 0 N–H and O–H groups in total. The maximum atomic E-state index is 2.42. The van der Waals surface area contributed by atoms with Gasteiger partial charge in [0, 0.05) is 0 Å². The Balaban J connectivity index is 1.25. The molecular formula is C52H34. The minimum absolute atomic E-state index is 1.21. The SMILES string of the molecule is c1ccc(-c2ccc(-c3ccc4c(-c5cccc6ccccc56)c5ccccc5c(-c5cccc(-c6cccc7ccccc67)c5)c4c3)cc2)cc1. The molecule has 0 aliphatic heterocycles. The molecule has 0 heterocycles. The molecule has 10 aromatic rings. The van der Waals surface area contributed by atoms with Gasteiger partial charge in [-0.15, -0.1) is 0 Å². The van der Waals surface area contributed by atoms with Gasteiger partial charge >= 0.3 is 0 Å². The first kappa shape index (κ1) is 30.1. The summed E-state index contributed by atoms with van der Waals surface area (Å²) in [6.45, 7) is 0. The molecule has 0 aliphatic rings. The summed E-state index contributed by atoms with van der Waals surface area (Å²) in [5, 5.41) is 10.1. The molecule has 0 saturated carbocycles. The monoisotopic (exact) mass is 658 g/mol. The van der Waals surface area contributed by atoms with Crippen molar-refractivity contribution in [1.82, 2.24) is 0 Å². The molecule has 0 fully saturated rings. The highest BCUT2D eigenvalue weighted by Crippen LogP contribution is 2.47. The van der Waals surface area contributed by atoms with Gasteiger partial charge in [0.05, 0.1) is 0 Å². The molecule has 0 saturated heterocycles. The van der Waals surface area contributed by atoms with Gasteiger partial charge in [0.1, 0.15) is 0 Å². The van der Waals surface area contributed by atoms with E-state index in [0.29, 0.717) is 0 Å². The molecule has 0 aliphatic carbocycles. The van der Waals surface area contributed by atoms with Crippen LogP contribution in [0.1, 0.15) is 0 Å². The second kappa shape index (κ2) is 12.5. The fourth-order valence-corrected chi connectivity index (χ4v) is 8.21. The largest absolute Gasteiger partial charge is 0.0622 e. The number of benzene rings is 10.